The molecule has 0 saturated carbocycles. The van der Waals surface area contributed by atoms with Crippen molar-refractivity contribution in [2.24, 2.45) is 0 Å². The van der Waals surface area contributed by atoms with Gasteiger partial charge in [-0.15, -0.1) is 0 Å². The Morgan fingerprint density at radius 2 is 2.20 bits per heavy atom. The Hall–Kier alpha value is -2.03. The van der Waals surface area contributed by atoms with E-state index < -0.39 is 0 Å². The van der Waals surface area contributed by atoms with Crippen LogP contribution in [-0.2, 0) is 4.74 Å². The lowest BCUT2D eigenvalue weighted by Crippen LogP contribution is -2.12. The monoisotopic (exact) mass is 201 g/mol. The lowest BCUT2D eigenvalue weighted by Gasteiger charge is -2.03. The number of para-hydroxylation sites is 1. The third-order valence-corrected chi connectivity index (χ3v) is 2.12. The van der Waals surface area contributed by atoms with Gasteiger partial charge in [-0.05, 0) is 12.1 Å². The molecule has 0 spiro atoms. The Balaban J connectivity index is 2.35. The SMILES string of the molecule is C=CCOC(=O)n1ccc2ccccc21. The highest BCUT2D eigenvalue weighted by Crippen LogP contribution is 2.15. The number of carbonyl (C=O) groups is 1. The van der Waals surface area contributed by atoms with E-state index in [9.17, 15) is 4.79 Å². The van der Waals surface area contributed by atoms with Crippen molar-refractivity contribution < 1.29 is 9.53 Å². The molecule has 1 heterocycles. The summed E-state index contributed by atoms with van der Waals surface area (Å²) in [6, 6.07) is 9.53. The summed E-state index contributed by atoms with van der Waals surface area (Å²) in [6.07, 6.45) is 2.87. The first kappa shape index (κ1) is 9.52. The molecule has 1 aromatic carbocycles. The van der Waals surface area contributed by atoms with Crippen LogP contribution in [0.1, 0.15) is 0 Å². The van der Waals surface area contributed by atoms with E-state index in [0.717, 1.165) is 10.9 Å². The molecule has 0 aliphatic heterocycles. The number of fused-ring (bicyclic) bond motifs is 1. The summed E-state index contributed by atoms with van der Waals surface area (Å²) in [5.74, 6) is 0. The van der Waals surface area contributed by atoms with Gasteiger partial charge in [-0.2, -0.15) is 0 Å². The standard InChI is InChI=1S/C12H11NO2/c1-2-9-15-12(14)13-8-7-10-5-3-4-6-11(10)13/h2-8H,1,9H2. The van der Waals surface area contributed by atoms with Gasteiger partial charge in [0.05, 0.1) is 5.52 Å². The Morgan fingerprint density at radius 3 is 3.00 bits per heavy atom. The van der Waals surface area contributed by atoms with Crippen LogP contribution >= 0.6 is 0 Å². The molecule has 3 nitrogen and oxygen atoms in total. The highest BCUT2D eigenvalue weighted by atomic mass is 16.5. The van der Waals surface area contributed by atoms with Gasteiger partial charge in [-0.25, -0.2) is 4.79 Å². The first-order valence-corrected chi connectivity index (χ1v) is 4.67. The molecule has 76 valence electrons. The third-order valence-electron chi connectivity index (χ3n) is 2.12. The van der Waals surface area contributed by atoms with Crippen LogP contribution in [0.5, 0.6) is 0 Å². The van der Waals surface area contributed by atoms with E-state index in [1.54, 1.807) is 12.3 Å². The van der Waals surface area contributed by atoms with Gasteiger partial charge in [0.1, 0.15) is 6.61 Å². The minimum absolute atomic E-state index is 0.228. The first-order valence-electron chi connectivity index (χ1n) is 4.67. The molecular formula is C12H11NO2. The van der Waals surface area contributed by atoms with Gasteiger partial charge >= 0.3 is 6.09 Å². The zero-order chi connectivity index (χ0) is 10.7. The first-order chi connectivity index (χ1) is 7.33. The number of benzene rings is 1. The topological polar surface area (TPSA) is 31.2 Å². The zero-order valence-electron chi connectivity index (χ0n) is 8.22. The van der Waals surface area contributed by atoms with Crippen LogP contribution in [0, 0.1) is 0 Å². The van der Waals surface area contributed by atoms with Gasteiger partial charge in [0.2, 0.25) is 0 Å². The van der Waals surface area contributed by atoms with Crippen molar-refractivity contribution in [1.29, 1.82) is 0 Å². The van der Waals surface area contributed by atoms with Gasteiger partial charge in [0.15, 0.2) is 0 Å². The quantitative estimate of drug-likeness (QED) is 0.699. The highest BCUT2D eigenvalue weighted by Gasteiger charge is 2.07. The van der Waals surface area contributed by atoms with Gasteiger partial charge in [-0.3, -0.25) is 4.57 Å². The molecule has 0 aliphatic rings. The lowest BCUT2D eigenvalue weighted by atomic mass is 10.2. The van der Waals surface area contributed by atoms with Gasteiger partial charge in [0, 0.05) is 11.6 Å². The number of rotatable bonds is 2. The zero-order valence-corrected chi connectivity index (χ0v) is 8.22. The Bertz CT molecular complexity index is 499. The van der Waals surface area contributed by atoms with Crippen LogP contribution < -0.4 is 0 Å². The maximum atomic E-state index is 11.6. The molecule has 0 fully saturated rings. The van der Waals surface area contributed by atoms with E-state index in [4.69, 9.17) is 4.74 Å². The fraction of sp³-hybridized carbons (Fsp3) is 0.0833. The van der Waals surface area contributed by atoms with Crippen LogP contribution in [-0.4, -0.2) is 17.3 Å². The maximum absolute atomic E-state index is 11.6. The predicted octanol–water partition coefficient (Wildman–Crippen LogP) is 2.81. The molecule has 0 amide bonds. The second-order valence-electron chi connectivity index (χ2n) is 3.11. The average Bonchev–Trinajstić information content (AvgIpc) is 2.69. The molecule has 15 heavy (non-hydrogen) atoms. The highest BCUT2D eigenvalue weighted by molar-refractivity contribution is 5.89. The Labute approximate surface area is 87.6 Å². The van der Waals surface area contributed by atoms with Crippen molar-refractivity contribution in [3.05, 3.63) is 49.2 Å². The number of hydrogen-bond donors (Lipinski definition) is 0. The number of carbonyl (C=O) groups excluding carboxylic acids is 1. The van der Waals surface area contributed by atoms with E-state index in [1.807, 2.05) is 30.3 Å². The van der Waals surface area contributed by atoms with Gasteiger partial charge in [-0.1, -0.05) is 30.9 Å². The van der Waals surface area contributed by atoms with Gasteiger partial charge < -0.3 is 4.74 Å². The predicted molar refractivity (Wildman–Crippen MR) is 58.9 cm³/mol. The van der Waals surface area contributed by atoms with E-state index >= 15 is 0 Å². The van der Waals surface area contributed by atoms with Crippen LogP contribution in [0.15, 0.2) is 49.2 Å². The van der Waals surface area contributed by atoms with Crippen LogP contribution in [0.3, 0.4) is 0 Å². The van der Waals surface area contributed by atoms with Crippen molar-refractivity contribution in [2.75, 3.05) is 6.61 Å². The summed E-state index contributed by atoms with van der Waals surface area (Å²) in [4.78, 5) is 11.6. The Morgan fingerprint density at radius 1 is 1.40 bits per heavy atom. The normalized spacial score (nSPS) is 10.1. The Kier molecular flexibility index (Phi) is 2.54. The molecule has 2 aromatic rings. The molecule has 0 aliphatic carbocycles. The van der Waals surface area contributed by atoms with E-state index in [1.165, 1.54) is 4.57 Å². The summed E-state index contributed by atoms with van der Waals surface area (Å²) in [6.45, 7) is 3.72. The van der Waals surface area contributed by atoms with E-state index in [-0.39, 0.29) is 12.7 Å². The number of aromatic nitrogens is 1. The molecular weight excluding hydrogens is 190 g/mol. The van der Waals surface area contributed by atoms with E-state index in [2.05, 4.69) is 6.58 Å². The largest absolute Gasteiger partial charge is 0.445 e. The van der Waals surface area contributed by atoms with Crippen molar-refractivity contribution in [3.8, 4) is 0 Å². The molecule has 0 N–H and O–H groups in total. The average molecular weight is 201 g/mol. The van der Waals surface area contributed by atoms with Crippen LogP contribution in [0.2, 0.25) is 0 Å². The summed E-state index contributed by atoms with van der Waals surface area (Å²) in [5.41, 5.74) is 0.853. The number of nitrogens with zero attached hydrogens (tertiary/aromatic N) is 1. The minimum Gasteiger partial charge on any atom is -0.445 e. The number of hydrogen-bond acceptors (Lipinski definition) is 2. The second kappa shape index (κ2) is 4.00. The van der Waals surface area contributed by atoms with E-state index in [0.29, 0.717) is 0 Å². The van der Waals surface area contributed by atoms with Crippen molar-refractivity contribution in [1.82, 2.24) is 4.57 Å². The summed E-state index contributed by atoms with van der Waals surface area (Å²) >= 11 is 0. The molecule has 0 saturated heterocycles. The van der Waals surface area contributed by atoms with Gasteiger partial charge in [0.25, 0.3) is 0 Å². The molecule has 2 rings (SSSR count). The molecule has 0 bridgehead atoms. The smallest absolute Gasteiger partial charge is 0.418 e. The molecule has 3 heteroatoms. The third kappa shape index (κ3) is 1.76. The molecule has 1 aromatic heterocycles. The van der Waals surface area contributed by atoms with Crippen molar-refractivity contribution in [3.63, 3.8) is 0 Å². The minimum atomic E-state index is -0.379. The summed E-state index contributed by atoms with van der Waals surface area (Å²) in [5, 5.41) is 1.02. The summed E-state index contributed by atoms with van der Waals surface area (Å²) < 4.78 is 6.43. The summed E-state index contributed by atoms with van der Waals surface area (Å²) in [7, 11) is 0. The molecule has 0 atom stereocenters. The fourth-order valence-electron chi connectivity index (χ4n) is 1.44. The lowest BCUT2D eigenvalue weighted by molar-refractivity contribution is 0.161. The van der Waals surface area contributed by atoms with Crippen molar-refractivity contribution in [2.45, 2.75) is 0 Å². The fourth-order valence-corrected chi connectivity index (χ4v) is 1.44. The second-order valence-corrected chi connectivity index (χ2v) is 3.11. The van der Waals surface area contributed by atoms with Crippen LogP contribution in [0.25, 0.3) is 10.9 Å². The molecule has 0 unspecified atom stereocenters. The molecule has 0 radical (unpaired) electrons. The maximum Gasteiger partial charge on any atom is 0.418 e. The van der Waals surface area contributed by atoms with Crippen molar-refractivity contribution >= 4 is 17.0 Å². The number of ether oxygens (including phenoxy) is 1. The van der Waals surface area contributed by atoms with Crippen LogP contribution in [0.4, 0.5) is 4.79 Å².